The van der Waals surface area contributed by atoms with Crippen LogP contribution in [0.15, 0.2) is 73.2 Å². The smallest absolute Gasteiger partial charge is 0.243 e. The third-order valence-electron chi connectivity index (χ3n) is 7.04. The molecule has 13 nitrogen and oxygen atoms in total. The topological polar surface area (TPSA) is 214 Å². The van der Waals surface area contributed by atoms with Gasteiger partial charge in [-0.1, -0.05) is 60.7 Å². The molecule has 0 bridgehead atoms. The standard InChI is InChI=1S/C32H41N8O5.Cu/c33-14-8-7-13-26(39-32(45)28(38-29(42)18-34)17-24-19-35-21-36-24)30(43)40-27(16-23-11-5-2-6-12-23)31(44)37-25(20-41)15-22-9-3-1-4-10-22;/h1-6,9-12,19,21,25-28H,7-8,13-18,33-34H2,(H,35,36)(H,37,44)(H,38,42)(H,39,45)(H,40,43);. The number of nitrogens with zero attached hydrogens (tertiary/aromatic N) is 1. The zero-order valence-electron chi connectivity index (χ0n) is 25.3. The summed E-state index contributed by atoms with van der Waals surface area (Å²) in [6.45, 7) is 0.0607. The molecule has 2 aromatic carbocycles. The van der Waals surface area contributed by atoms with E-state index in [9.17, 15) is 24.0 Å². The van der Waals surface area contributed by atoms with Crippen LogP contribution in [0.2, 0.25) is 0 Å². The molecule has 3 rings (SSSR count). The van der Waals surface area contributed by atoms with Gasteiger partial charge in [0.1, 0.15) is 18.1 Å². The average Bonchev–Trinajstić information content (AvgIpc) is 3.57. The van der Waals surface area contributed by atoms with Gasteiger partial charge in [-0.05, 0) is 36.9 Å². The molecule has 2 radical (unpaired) electrons. The summed E-state index contributed by atoms with van der Waals surface area (Å²) in [6, 6.07) is 14.2. The van der Waals surface area contributed by atoms with Gasteiger partial charge in [-0.3, -0.25) is 24.0 Å². The number of nitrogens with one attached hydrogen (secondary N) is 5. The molecule has 4 amide bonds. The number of imidazole rings is 1. The summed E-state index contributed by atoms with van der Waals surface area (Å²) >= 11 is 0. The quantitative estimate of drug-likeness (QED) is 0.0650. The summed E-state index contributed by atoms with van der Waals surface area (Å²) in [5, 5.41) is 10.8. The van der Waals surface area contributed by atoms with Gasteiger partial charge in [-0.25, -0.2) is 4.98 Å². The summed E-state index contributed by atoms with van der Waals surface area (Å²) in [6.07, 6.45) is 6.68. The first kappa shape index (κ1) is 37.8. The Morgan fingerprint density at radius 2 is 1.30 bits per heavy atom. The van der Waals surface area contributed by atoms with E-state index in [1.165, 1.54) is 6.33 Å². The molecule has 250 valence electrons. The molecular formula is C32H41CuN8O5. The van der Waals surface area contributed by atoms with Crippen molar-refractivity contribution in [1.82, 2.24) is 31.2 Å². The minimum Gasteiger partial charge on any atom is -0.351 e. The van der Waals surface area contributed by atoms with E-state index in [2.05, 4.69) is 31.2 Å². The number of H-pyrrole nitrogens is 1. The van der Waals surface area contributed by atoms with Gasteiger partial charge in [-0.2, -0.15) is 0 Å². The number of carbonyl (C=O) groups is 4. The molecule has 1 heterocycles. The number of amides is 4. The van der Waals surface area contributed by atoms with Crippen molar-refractivity contribution in [2.75, 3.05) is 13.1 Å². The van der Waals surface area contributed by atoms with Crippen LogP contribution >= 0.6 is 0 Å². The Labute approximate surface area is 278 Å². The number of unbranched alkanes of at least 4 members (excludes halogenated alkanes) is 1. The Kier molecular flexibility index (Phi) is 17.0. The number of rotatable bonds is 19. The van der Waals surface area contributed by atoms with Crippen LogP contribution in [-0.2, 0) is 60.3 Å². The van der Waals surface area contributed by atoms with Crippen LogP contribution in [0.4, 0.5) is 0 Å². The van der Waals surface area contributed by atoms with Gasteiger partial charge < -0.3 is 37.7 Å². The fourth-order valence-corrected chi connectivity index (χ4v) is 4.68. The molecule has 14 heteroatoms. The van der Waals surface area contributed by atoms with Gasteiger partial charge in [-0.15, -0.1) is 0 Å². The SMILES string of the molecule is NCCCCC(NC(=O)C(Cc1c[nH]cn1)NC(=O)CN)C(=O)NC(Cc1ccccc1)C(=O)NC([C]=O)Cc1ccccc1.[Cu]. The maximum Gasteiger partial charge on any atom is 0.243 e. The normalized spacial score (nSPS) is 13.2. The number of nitrogens with two attached hydrogens (primary N) is 2. The van der Waals surface area contributed by atoms with Crippen LogP contribution in [0.25, 0.3) is 0 Å². The first-order chi connectivity index (χ1) is 21.8. The number of aromatic amines is 1. The van der Waals surface area contributed by atoms with Crippen molar-refractivity contribution in [3.8, 4) is 0 Å². The Morgan fingerprint density at radius 1 is 0.739 bits per heavy atom. The van der Waals surface area contributed by atoms with E-state index in [0.29, 0.717) is 25.1 Å². The molecule has 0 aliphatic carbocycles. The second-order valence-corrected chi connectivity index (χ2v) is 10.6. The zero-order chi connectivity index (χ0) is 32.4. The molecule has 0 spiro atoms. The molecule has 3 aromatic rings. The Hall–Kier alpha value is -4.36. The Balaban J connectivity index is 0.00000736. The van der Waals surface area contributed by atoms with Crippen molar-refractivity contribution in [1.29, 1.82) is 0 Å². The van der Waals surface area contributed by atoms with Gasteiger partial charge in [0, 0.05) is 42.5 Å². The van der Waals surface area contributed by atoms with Crippen LogP contribution in [0, 0.1) is 0 Å². The van der Waals surface area contributed by atoms with E-state index in [1.807, 2.05) is 66.9 Å². The fourth-order valence-electron chi connectivity index (χ4n) is 4.68. The third-order valence-corrected chi connectivity index (χ3v) is 7.04. The second kappa shape index (κ2) is 20.6. The summed E-state index contributed by atoms with van der Waals surface area (Å²) < 4.78 is 0. The summed E-state index contributed by atoms with van der Waals surface area (Å²) in [5.74, 6) is -2.34. The minimum atomic E-state index is -1.07. The summed E-state index contributed by atoms with van der Waals surface area (Å²) in [7, 11) is 0. The van der Waals surface area contributed by atoms with Gasteiger partial charge in [0.2, 0.25) is 29.9 Å². The van der Waals surface area contributed by atoms with Crippen LogP contribution in [0.1, 0.15) is 36.1 Å². The van der Waals surface area contributed by atoms with Gasteiger partial charge in [0.15, 0.2) is 0 Å². The van der Waals surface area contributed by atoms with Crippen LogP contribution < -0.4 is 32.7 Å². The van der Waals surface area contributed by atoms with Crippen molar-refractivity contribution < 1.29 is 41.0 Å². The fraction of sp³-hybridized carbons (Fsp3) is 0.375. The molecular weight excluding hydrogens is 640 g/mol. The minimum absolute atomic E-state index is 0. The number of benzene rings is 2. The molecule has 0 aliphatic rings. The Bertz CT molecular complexity index is 1360. The third kappa shape index (κ3) is 12.9. The van der Waals surface area contributed by atoms with E-state index in [1.54, 1.807) is 6.20 Å². The van der Waals surface area contributed by atoms with Gasteiger partial charge >= 0.3 is 0 Å². The predicted octanol–water partition coefficient (Wildman–Crippen LogP) is -0.428. The van der Waals surface area contributed by atoms with Crippen LogP contribution in [0.5, 0.6) is 0 Å². The molecule has 4 unspecified atom stereocenters. The monoisotopic (exact) mass is 680 g/mol. The zero-order valence-corrected chi connectivity index (χ0v) is 26.3. The molecule has 0 saturated heterocycles. The predicted molar refractivity (Wildman–Crippen MR) is 168 cm³/mol. The molecule has 1 aromatic heterocycles. The largest absolute Gasteiger partial charge is 0.351 e. The number of hydrogen-bond acceptors (Lipinski definition) is 8. The van der Waals surface area contributed by atoms with Crippen molar-refractivity contribution in [3.05, 3.63) is 90.0 Å². The van der Waals surface area contributed by atoms with E-state index in [-0.39, 0.29) is 49.3 Å². The summed E-state index contributed by atoms with van der Waals surface area (Å²) in [4.78, 5) is 71.4. The van der Waals surface area contributed by atoms with Crippen molar-refractivity contribution in [2.45, 2.75) is 62.7 Å². The van der Waals surface area contributed by atoms with Gasteiger partial charge in [0.25, 0.3) is 0 Å². The number of aromatic nitrogens is 2. The van der Waals surface area contributed by atoms with Crippen LogP contribution in [-0.4, -0.2) is 77.1 Å². The summed E-state index contributed by atoms with van der Waals surface area (Å²) in [5.41, 5.74) is 13.3. The van der Waals surface area contributed by atoms with E-state index in [4.69, 9.17) is 11.5 Å². The molecule has 0 aliphatic heterocycles. The van der Waals surface area contributed by atoms with Crippen molar-refractivity contribution in [3.63, 3.8) is 0 Å². The maximum absolute atomic E-state index is 13.7. The number of hydrogen-bond donors (Lipinski definition) is 7. The van der Waals surface area contributed by atoms with E-state index in [0.717, 1.165) is 11.1 Å². The average molecular weight is 681 g/mol. The number of carbonyl (C=O) groups excluding carboxylic acids is 5. The van der Waals surface area contributed by atoms with Crippen molar-refractivity contribution >= 4 is 29.9 Å². The van der Waals surface area contributed by atoms with Gasteiger partial charge in [0.05, 0.1) is 24.6 Å². The first-order valence-electron chi connectivity index (χ1n) is 14.9. The van der Waals surface area contributed by atoms with Crippen LogP contribution in [0.3, 0.4) is 0 Å². The first-order valence-corrected chi connectivity index (χ1v) is 14.9. The molecule has 46 heavy (non-hydrogen) atoms. The molecule has 4 atom stereocenters. The van der Waals surface area contributed by atoms with E-state index < -0.39 is 47.8 Å². The Morgan fingerprint density at radius 3 is 1.87 bits per heavy atom. The maximum atomic E-state index is 13.7. The molecule has 0 fully saturated rings. The van der Waals surface area contributed by atoms with Crippen molar-refractivity contribution in [2.24, 2.45) is 11.5 Å². The van der Waals surface area contributed by atoms with E-state index >= 15 is 0 Å². The molecule has 9 N–H and O–H groups in total. The molecule has 0 saturated carbocycles. The second-order valence-electron chi connectivity index (χ2n) is 10.6.